The summed E-state index contributed by atoms with van der Waals surface area (Å²) in [6, 6.07) is 3.75. The summed E-state index contributed by atoms with van der Waals surface area (Å²) in [4.78, 5) is 17.9. The smallest absolute Gasteiger partial charge is 0.248 e. The molecule has 0 unspecified atom stereocenters. The summed E-state index contributed by atoms with van der Waals surface area (Å²) < 4.78 is 4.86. The van der Waals surface area contributed by atoms with Crippen molar-refractivity contribution in [2.45, 2.75) is 13.0 Å². The van der Waals surface area contributed by atoms with E-state index in [2.05, 4.69) is 4.98 Å². The third-order valence-corrected chi connectivity index (χ3v) is 2.55. The standard InChI is InChI=1S/C12H17N3O2S/c1-17-9-12(16)15(6-4-11(13)18)8-10-3-2-5-14-7-10/h2-3,5,7H,4,6,8-9H2,1H3,(H2,13,18). The summed E-state index contributed by atoms with van der Waals surface area (Å²) in [7, 11) is 1.49. The van der Waals surface area contributed by atoms with Gasteiger partial charge in [0, 0.05) is 39.0 Å². The molecule has 6 heteroatoms. The van der Waals surface area contributed by atoms with Crippen LogP contribution in [0.25, 0.3) is 0 Å². The molecule has 1 amide bonds. The number of ether oxygens (including phenoxy) is 1. The summed E-state index contributed by atoms with van der Waals surface area (Å²) in [6.45, 7) is 1.03. The van der Waals surface area contributed by atoms with Crippen LogP contribution in [0.5, 0.6) is 0 Å². The first-order valence-electron chi connectivity index (χ1n) is 5.57. The van der Waals surface area contributed by atoms with Crippen molar-refractivity contribution < 1.29 is 9.53 Å². The molecular formula is C12H17N3O2S. The minimum atomic E-state index is -0.0856. The number of nitrogens with zero attached hydrogens (tertiary/aromatic N) is 2. The van der Waals surface area contributed by atoms with Gasteiger partial charge in [-0.25, -0.2) is 0 Å². The molecule has 0 fully saturated rings. The van der Waals surface area contributed by atoms with Crippen molar-refractivity contribution in [3.05, 3.63) is 30.1 Å². The van der Waals surface area contributed by atoms with Crippen molar-refractivity contribution in [1.82, 2.24) is 9.88 Å². The van der Waals surface area contributed by atoms with Crippen LogP contribution in [0.15, 0.2) is 24.5 Å². The van der Waals surface area contributed by atoms with Gasteiger partial charge in [0.1, 0.15) is 6.61 Å². The van der Waals surface area contributed by atoms with Gasteiger partial charge in [0.05, 0.1) is 4.99 Å². The predicted molar refractivity (Wildman–Crippen MR) is 72.9 cm³/mol. The molecular weight excluding hydrogens is 250 g/mol. The zero-order chi connectivity index (χ0) is 13.4. The normalized spacial score (nSPS) is 10.1. The minimum Gasteiger partial charge on any atom is -0.393 e. The van der Waals surface area contributed by atoms with E-state index in [1.54, 1.807) is 17.3 Å². The molecule has 18 heavy (non-hydrogen) atoms. The van der Waals surface area contributed by atoms with Crippen LogP contribution in [-0.4, -0.2) is 41.0 Å². The summed E-state index contributed by atoms with van der Waals surface area (Å²) in [5, 5.41) is 0. The largest absolute Gasteiger partial charge is 0.393 e. The van der Waals surface area contributed by atoms with Gasteiger partial charge in [-0.2, -0.15) is 0 Å². The molecule has 0 saturated heterocycles. The van der Waals surface area contributed by atoms with Gasteiger partial charge in [-0.3, -0.25) is 9.78 Å². The molecule has 0 radical (unpaired) electrons. The Labute approximate surface area is 112 Å². The maximum absolute atomic E-state index is 11.9. The number of nitrogens with two attached hydrogens (primary N) is 1. The topological polar surface area (TPSA) is 68.5 Å². The first-order valence-corrected chi connectivity index (χ1v) is 5.98. The monoisotopic (exact) mass is 267 g/mol. The molecule has 0 aliphatic heterocycles. The quantitative estimate of drug-likeness (QED) is 0.738. The Balaban J connectivity index is 2.64. The van der Waals surface area contributed by atoms with Gasteiger partial charge < -0.3 is 15.4 Å². The highest BCUT2D eigenvalue weighted by Gasteiger charge is 2.13. The van der Waals surface area contributed by atoms with Crippen molar-refractivity contribution >= 4 is 23.1 Å². The molecule has 0 atom stereocenters. The lowest BCUT2D eigenvalue weighted by atomic mass is 10.2. The molecule has 0 aromatic carbocycles. The molecule has 1 heterocycles. The molecule has 1 rings (SSSR count). The van der Waals surface area contributed by atoms with Crippen molar-refractivity contribution in [3.8, 4) is 0 Å². The van der Waals surface area contributed by atoms with E-state index in [0.29, 0.717) is 24.5 Å². The second kappa shape index (κ2) is 7.73. The second-order valence-electron chi connectivity index (χ2n) is 3.83. The maximum atomic E-state index is 11.9. The number of hydrogen-bond donors (Lipinski definition) is 1. The van der Waals surface area contributed by atoms with Crippen LogP contribution >= 0.6 is 12.2 Å². The first kappa shape index (κ1) is 14.5. The lowest BCUT2D eigenvalue weighted by molar-refractivity contribution is -0.135. The molecule has 0 saturated carbocycles. The van der Waals surface area contributed by atoms with Crippen LogP contribution < -0.4 is 5.73 Å². The van der Waals surface area contributed by atoms with Crippen molar-refractivity contribution in [2.24, 2.45) is 5.73 Å². The highest BCUT2D eigenvalue weighted by molar-refractivity contribution is 7.80. The van der Waals surface area contributed by atoms with Gasteiger partial charge >= 0.3 is 0 Å². The van der Waals surface area contributed by atoms with Crippen LogP contribution in [0, 0.1) is 0 Å². The van der Waals surface area contributed by atoms with Crippen LogP contribution in [0.3, 0.4) is 0 Å². The van der Waals surface area contributed by atoms with Gasteiger partial charge in [-0.15, -0.1) is 0 Å². The number of pyridine rings is 1. The fourth-order valence-corrected chi connectivity index (χ4v) is 1.56. The Morgan fingerprint density at radius 3 is 2.94 bits per heavy atom. The average Bonchev–Trinajstić information content (AvgIpc) is 2.35. The van der Waals surface area contributed by atoms with E-state index in [1.807, 2.05) is 12.1 Å². The SMILES string of the molecule is COCC(=O)N(CCC(N)=S)Cc1cccnc1. The molecule has 1 aromatic rings. The Morgan fingerprint density at radius 2 is 2.39 bits per heavy atom. The Bertz CT molecular complexity index is 398. The summed E-state index contributed by atoms with van der Waals surface area (Å²) in [5.41, 5.74) is 6.42. The molecule has 0 bridgehead atoms. The molecule has 98 valence electrons. The molecule has 2 N–H and O–H groups in total. The van der Waals surface area contributed by atoms with E-state index < -0.39 is 0 Å². The van der Waals surface area contributed by atoms with Gasteiger partial charge in [0.25, 0.3) is 0 Å². The van der Waals surface area contributed by atoms with E-state index in [1.165, 1.54) is 7.11 Å². The molecule has 1 aromatic heterocycles. The summed E-state index contributed by atoms with van der Waals surface area (Å²) >= 11 is 4.83. The van der Waals surface area contributed by atoms with Crippen molar-refractivity contribution in [2.75, 3.05) is 20.3 Å². The maximum Gasteiger partial charge on any atom is 0.248 e. The third kappa shape index (κ3) is 5.20. The number of rotatable bonds is 7. The van der Waals surface area contributed by atoms with Gasteiger partial charge in [0.2, 0.25) is 5.91 Å². The number of hydrogen-bond acceptors (Lipinski definition) is 4. The van der Waals surface area contributed by atoms with Crippen LogP contribution in [0.4, 0.5) is 0 Å². The van der Waals surface area contributed by atoms with Crippen LogP contribution in [0.1, 0.15) is 12.0 Å². The molecule has 0 aliphatic carbocycles. The number of thiocarbonyl (C=S) groups is 1. The molecule has 5 nitrogen and oxygen atoms in total. The van der Waals surface area contributed by atoms with E-state index in [0.717, 1.165) is 5.56 Å². The molecule has 0 aliphatic rings. The number of carbonyl (C=O) groups is 1. The lowest BCUT2D eigenvalue weighted by Gasteiger charge is -2.22. The van der Waals surface area contributed by atoms with E-state index in [4.69, 9.17) is 22.7 Å². The Morgan fingerprint density at radius 1 is 1.61 bits per heavy atom. The van der Waals surface area contributed by atoms with Crippen molar-refractivity contribution in [1.29, 1.82) is 0 Å². The average molecular weight is 267 g/mol. The third-order valence-electron chi connectivity index (χ3n) is 2.34. The van der Waals surface area contributed by atoms with Gasteiger partial charge in [-0.1, -0.05) is 18.3 Å². The minimum absolute atomic E-state index is 0.0532. The number of methoxy groups -OCH3 is 1. The zero-order valence-electron chi connectivity index (χ0n) is 10.3. The van der Waals surface area contributed by atoms with Crippen LogP contribution in [0.2, 0.25) is 0 Å². The summed E-state index contributed by atoms with van der Waals surface area (Å²) in [6.07, 6.45) is 3.93. The number of aromatic nitrogens is 1. The fraction of sp³-hybridized carbons (Fsp3) is 0.417. The number of amides is 1. The molecule has 0 spiro atoms. The predicted octanol–water partition coefficient (Wildman–Crippen LogP) is 0.733. The van der Waals surface area contributed by atoms with E-state index >= 15 is 0 Å². The first-order chi connectivity index (χ1) is 8.63. The van der Waals surface area contributed by atoms with Crippen molar-refractivity contribution in [3.63, 3.8) is 0 Å². The van der Waals surface area contributed by atoms with E-state index in [-0.39, 0.29) is 12.5 Å². The van der Waals surface area contributed by atoms with Crippen LogP contribution in [-0.2, 0) is 16.1 Å². The fourth-order valence-electron chi connectivity index (χ4n) is 1.46. The Kier molecular flexibility index (Phi) is 6.24. The highest BCUT2D eigenvalue weighted by atomic mass is 32.1. The Hall–Kier alpha value is -1.53. The van der Waals surface area contributed by atoms with E-state index in [9.17, 15) is 4.79 Å². The second-order valence-corrected chi connectivity index (χ2v) is 4.35. The van der Waals surface area contributed by atoms with Gasteiger partial charge in [0.15, 0.2) is 0 Å². The zero-order valence-corrected chi connectivity index (χ0v) is 11.2. The number of carbonyl (C=O) groups excluding carboxylic acids is 1. The lowest BCUT2D eigenvalue weighted by Crippen LogP contribution is -2.35. The summed E-state index contributed by atoms with van der Waals surface area (Å²) in [5.74, 6) is -0.0856. The van der Waals surface area contributed by atoms with Gasteiger partial charge in [-0.05, 0) is 11.6 Å². The highest BCUT2D eigenvalue weighted by Crippen LogP contribution is 2.04.